The first-order valence-electron chi connectivity index (χ1n) is 7.58. The topological polar surface area (TPSA) is 67.2 Å². The molecule has 1 aromatic heterocycles. The number of carboxylic acid groups (broad SMARTS) is 1. The van der Waals surface area contributed by atoms with Crippen LogP contribution in [0.2, 0.25) is 0 Å². The minimum Gasteiger partial charge on any atom is -0.480 e. The number of rotatable bonds is 8. The molecule has 0 bridgehead atoms. The quantitative estimate of drug-likeness (QED) is 0.784. The van der Waals surface area contributed by atoms with Crippen molar-refractivity contribution < 1.29 is 9.90 Å². The monoisotopic (exact) mass is 289 g/mol. The highest BCUT2D eigenvalue weighted by Gasteiger charge is 2.17. The fraction of sp³-hybridized carbons (Fsp3) is 0.500. The summed E-state index contributed by atoms with van der Waals surface area (Å²) < 4.78 is 1.95. The summed E-state index contributed by atoms with van der Waals surface area (Å²) in [4.78, 5) is 11.3. The van der Waals surface area contributed by atoms with E-state index in [4.69, 9.17) is 0 Å². The molecule has 21 heavy (non-hydrogen) atoms. The Hall–Kier alpha value is -1.88. The molecule has 2 N–H and O–H groups in total. The van der Waals surface area contributed by atoms with Gasteiger partial charge in [-0.25, -0.2) is 0 Å². The minimum atomic E-state index is -0.789. The molecule has 0 saturated heterocycles. The van der Waals surface area contributed by atoms with Crippen LogP contribution in [0.25, 0.3) is 10.9 Å². The molecule has 0 amide bonds. The molecule has 1 atom stereocenters. The first-order valence-corrected chi connectivity index (χ1v) is 7.58. The molecule has 5 heteroatoms. The van der Waals surface area contributed by atoms with Crippen LogP contribution < -0.4 is 5.32 Å². The van der Waals surface area contributed by atoms with E-state index >= 15 is 0 Å². The maximum absolute atomic E-state index is 11.3. The van der Waals surface area contributed by atoms with Gasteiger partial charge in [0, 0.05) is 18.5 Å². The number of hydrogen-bond acceptors (Lipinski definition) is 3. The van der Waals surface area contributed by atoms with Gasteiger partial charge < -0.3 is 5.11 Å². The number of benzene rings is 1. The number of aryl methyl sites for hydroxylation is 1. The van der Waals surface area contributed by atoms with Crippen molar-refractivity contribution in [3.63, 3.8) is 0 Å². The third kappa shape index (κ3) is 3.61. The highest BCUT2D eigenvalue weighted by atomic mass is 16.4. The van der Waals surface area contributed by atoms with Gasteiger partial charge >= 0.3 is 5.97 Å². The first kappa shape index (κ1) is 15.5. The predicted molar refractivity (Wildman–Crippen MR) is 83.2 cm³/mol. The lowest BCUT2D eigenvalue weighted by Gasteiger charge is -2.13. The van der Waals surface area contributed by atoms with E-state index in [1.165, 1.54) is 0 Å². The Morgan fingerprint density at radius 1 is 1.38 bits per heavy atom. The fourth-order valence-electron chi connectivity index (χ4n) is 2.51. The molecule has 5 nitrogen and oxygen atoms in total. The van der Waals surface area contributed by atoms with Gasteiger partial charge in [0.15, 0.2) is 0 Å². The summed E-state index contributed by atoms with van der Waals surface area (Å²) in [6.07, 6.45) is 2.56. The number of para-hydroxylation sites is 1. The van der Waals surface area contributed by atoms with E-state index in [1.54, 1.807) is 0 Å². The van der Waals surface area contributed by atoms with Crippen molar-refractivity contribution in [1.29, 1.82) is 0 Å². The van der Waals surface area contributed by atoms with E-state index in [1.807, 2.05) is 28.9 Å². The molecule has 0 aliphatic carbocycles. The van der Waals surface area contributed by atoms with E-state index in [-0.39, 0.29) is 0 Å². The standard InChI is InChI=1S/C16H23N3O2/c1-3-5-9-13(16(20)21)17-11-14-12-8-6-7-10-15(12)19(4-2)18-14/h6-8,10,13,17H,3-5,9,11H2,1-2H3,(H,20,21)/t13-/m0/s1. The highest BCUT2D eigenvalue weighted by Crippen LogP contribution is 2.18. The van der Waals surface area contributed by atoms with Crippen molar-refractivity contribution in [1.82, 2.24) is 15.1 Å². The number of aromatic nitrogens is 2. The fourth-order valence-corrected chi connectivity index (χ4v) is 2.51. The van der Waals surface area contributed by atoms with Crippen molar-refractivity contribution in [3.05, 3.63) is 30.0 Å². The molecule has 114 valence electrons. The Labute approximate surface area is 125 Å². The number of fused-ring (bicyclic) bond motifs is 1. The molecule has 2 aromatic rings. The molecule has 0 aliphatic heterocycles. The molecule has 0 fully saturated rings. The summed E-state index contributed by atoms with van der Waals surface area (Å²) in [7, 11) is 0. The van der Waals surface area contributed by atoms with Crippen molar-refractivity contribution in [2.24, 2.45) is 0 Å². The van der Waals surface area contributed by atoms with Crippen LogP contribution in [0.4, 0.5) is 0 Å². The van der Waals surface area contributed by atoms with Gasteiger partial charge in [0.1, 0.15) is 6.04 Å². The van der Waals surface area contributed by atoms with E-state index in [9.17, 15) is 9.90 Å². The molecule has 1 heterocycles. The number of aliphatic carboxylic acids is 1. The second-order valence-corrected chi connectivity index (χ2v) is 5.19. The van der Waals surface area contributed by atoms with Crippen LogP contribution in [-0.4, -0.2) is 26.9 Å². The molecule has 0 saturated carbocycles. The maximum atomic E-state index is 11.3. The van der Waals surface area contributed by atoms with Gasteiger partial charge in [-0.1, -0.05) is 38.0 Å². The molecule has 0 aliphatic rings. The average Bonchev–Trinajstić information content (AvgIpc) is 2.85. The van der Waals surface area contributed by atoms with Gasteiger partial charge in [0.05, 0.1) is 11.2 Å². The van der Waals surface area contributed by atoms with Crippen LogP contribution in [0.5, 0.6) is 0 Å². The highest BCUT2D eigenvalue weighted by molar-refractivity contribution is 5.82. The second-order valence-electron chi connectivity index (χ2n) is 5.19. The molecule has 0 unspecified atom stereocenters. The van der Waals surface area contributed by atoms with Crippen LogP contribution in [0, 0.1) is 0 Å². The zero-order valence-corrected chi connectivity index (χ0v) is 12.7. The van der Waals surface area contributed by atoms with Gasteiger partial charge in [0.2, 0.25) is 0 Å². The van der Waals surface area contributed by atoms with Gasteiger partial charge in [-0.2, -0.15) is 5.10 Å². The van der Waals surface area contributed by atoms with Crippen molar-refractivity contribution in [3.8, 4) is 0 Å². The Morgan fingerprint density at radius 2 is 2.14 bits per heavy atom. The summed E-state index contributed by atoms with van der Waals surface area (Å²) in [5.41, 5.74) is 2.01. The lowest BCUT2D eigenvalue weighted by molar-refractivity contribution is -0.139. The number of hydrogen-bond donors (Lipinski definition) is 2. The van der Waals surface area contributed by atoms with E-state index in [2.05, 4.69) is 24.3 Å². The Bertz CT molecular complexity index is 607. The van der Waals surface area contributed by atoms with Crippen LogP contribution >= 0.6 is 0 Å². The average molecular weight is 289 g/mol. The zero-order chi connectivity index (χ0) is 15.2. The molecule has 2 rings (SSSR count). The molecule has 1 aromatic carbocycles. The van der Waals surface area contributed by atoms with Crippen molar-refractivity contribution >= 4 is 16.9 Å². The number of nitrogens with one attached hydrogen (secondary N) is 1. The zero-order valence-electron chi connectivity index (χ0n) is 12.7. The molecule has 0 spiro atoms. The van der Waals surface area contributed by atoms with E-state index in [0.29, 0.717) is 13.0 Å². The Balaban J connectivity index is 2.14. The summed E-state index contributed by atoms with van der Waals surface area (Å²) in [5.74, 6) is -0.789. The lowest BCUT2D eigenvalue weighted by atomic mass is 10.1. The second kappa shape index (κ2) is 7.22. The largest absolute Gasteiger partial charge is 0.480 e. The number of unbranched alkanes of at least 4 members (excludes halogenated alkanes) is 1. The van der Waals surface area contributed by atoms with Gasteiger partial charge in [-0.15, -0.1) is 0 Å². The SMILES string of the molecule is CCCC[C@H](NCc1nn(CC)c2ccccc12)C(=O)O. The normalized spacial score (nSPS) is 12.7. The smallest absolute Gasteiger partial charge is 0.320 e. The number of carbonyl (C=O) groups is 1. The van der Waals surface area contributed by atoms with Gasteiger partial charge in [-0.3, -0.25) is 14.8 Å². The summed E-state index contributed by atoms with van der Waals surface area (Å²) in [5, 5.41) is 18.0. The minimum absolute atomic E-state index is 0.480. The van der Waals surface area contributed by atoms with Gasteiger partial charge in [-0.05, 0) is 19.4 Å². The van der Waals surface area contributed by atoms with Crippen LogP contribution in [-0.2, 0) is 17.9 Å². The predicted octanol–water partition coefficient (Wildman–Crippen LogP) is 2.79. The van der Waals surface area contributed by atoms with Crippen molar-refractivity contribution in [2.75, 3.05) is 0 Å². The lowest BCUT2D eigenvalue weighted by Crippen LogP contribution is -2.36. The van der Waals surface area contributed by atoms with Crippen LogP contribution in [0.3, 0.4) is 0 Å². The molecular weight excluding hydrogens is 266 g/mol. The van der Waals surface area contributed by atoms with E-state index in [0.717, 1.165) is 36.0 Å². The molecule has 0 radical (unpaired) electrons. The summed E-state index contributed by atoms with van der Waals surface area (Å²) >= 11 is 0. The molecular formula is C16H23N3O2. The third-order valence-corrected chi connectivity index (χ3v) is 3.69. The van der Waals surface area contributed by atoms with Crippen LogP contribution in [0.15, 0.2) is 24.3 Å². The van der Waals surface area contributed by atoms with E-state index < -0.39 is 12.0 Å². The van der Waals surface area contributed by atoms with Gasteiger partial charge in [0.25, 0.3) is 0 Å². The summed E-state index contributed by atoms with van der Waals surface area (Å²) in [6, 6.07) is 7.55. The maximum Gasteiger partial charge on any atom is 0.320 e. The van der Waals surface area contributed by atoms with Crippen molar-refractivity contribution in [2.45, 2.75) is 52.2 Å². The Kier molecular flexibility index (Phi) is 5.33. The first-order chi connectivity index (χ1) is 10.2. The third-order valence-electron chi connectivity index (χ3n) is 3.69. The van der Waals surface area contributed by atoms with Crippen LogP contribution in [0.1, 0.15) is 38.8 Å². The summed E-state index contributed by atoms with van der Waals surface area (Å²) in [6.45, 7) is 5.40. The number of carboxylic acids is 1. The Morgan fingerprint density at radius 3 is 2.81 bits per heavy atom. The number of nitrogens with zero attached hydrogens (tertiary/aromatic N) is 2.